The molecule has 0 heterocycles. The highest BCUT2D eigenvalue weighted by atomic mass is 16.1. The van der Waals surface area contributed by atoms with Gasteiger partial charge in [0, 0.05) is 12.1 Å². The lowest BCUT2D eigenvalue weighted by Gasteiger charge is -2.06. The van der Waals surface area contributed by atoms with Crippen molar-refractivity contribution in [3.8, 4) is 11.1 Å². The van der Waals surface area contributed by atoms with E-state index in [4.69, 9.17) is 0 Å². The highest BCUT2D eigenvalue weighted by Crippen LogP contribution is 2.20. The maximum atomic E-state index is 11.9. The van der Waals surface area contributed by atoms with Crippen LogP contribution in [0.3, 0.4) is 0 Å². The molecule has 0 saturated heterocycles. The maximum Gasteiger partial charge on any atom is 0.224 e. The minimum absolute atomic E-state index is 0.0714. The monoisotopic (exact) mass is 315 g/mol. The van der Waals surface area contributed by atoms with Crippen LogP contribution < -0.4 is 5.32 Å². The lowest BCUT2D eigenvalue weighted by atomic mass is 10.0. The van der Waals surface area contributed by atoms with Gasteiger partial charge in [0.15, 0.2) is 0 Å². The predicted octanol–water partition coefficient (Wildman–Crippen LogP) is 5.32. The molecule has 120 valence electrons. The van der Waals surface area contributed by atoms with Crippen LogP contribution in [0.1, 0.15) is 18.4 Å². The third-order valence-electron chi connectivity index (χ3n) is 3.99. The van der Waals surface area contributed by atoms with Crippen LogP contribution in [0.25, 0.3) is 11.1 Å². The number of para-hydroxylation sites is 1. The van der Waals surface area contributed by atoms with Gasteiger partial charge < -0.3 is 5.32 Å². The van der Waals surface area contributed by atoms with Gasteiger partial charge in [-0.2, -0.15) is 0 Å². The molecule has 0 spiro atoms. The summed E-state index contributed by atoms with van der Waals surface area (Å²) in [5.41, 5.74) is 4.57. The molecule has 0 unspecified atom stereocenters. The van der Waals surface area contributed by atoms with Crippen molar-refractivity contribution in [3.05, 3.63) is 90.5 Å². The van der Waals surface area contributed by atoms with Crippen molar-refractivity contribution >= 4 is 11.6 Å². The molecule has 0 bridgehead atoms. The standard InChI is InChI=1S/C22H21NO/c24-22(23-21-11-5-2-6-12-21)13-7-8-18-14-16-20(17-15-18)19-9-3-1-4-10-19/h1-6,9-12,14-17H,7-8,13H2,(H,23,24). The Morgan fingerprint density at radius 1 is 0.708 bits per heavy atom. The van der Waals surface area contributed by atoms with Crippen LogP contribution >= 0.6 is 0 Å². The number of rotatable bonds is 6. The first kappa shape index (κ1) is 16.0. The largest absolute Gasteiger partial charge is 0.326 e. The molecule has 1 amide bonds. The van der Waals surface area contributed by atoms with Crippen molar-refractivity contribution < 1.29 is 4.79 Å². The van der Waals surface area contributed by atoms with Gasteiger partial charge in [-0.3, -0.25) is 4.79 Å². The smallest absolute Gasteiger partial charge is 0.224 e. The Morgan fingerprint density at radius 2 is 1.29 bits per heavy atom. The van der Waals surface area contributed by atoms with Gasteiger partial charge in [0.05, 0.1) is 0 Å². The Kier molecular flexibility index (Phi) is 5.41. The zero-order chi connectivity index (χ0) is 16.6. The van der Waals surface area contributed by atoms with E-state index in [9.17, 15) is 4.79 Å². The number of carbonyl (C=O) groups is 1. The van der Waals surface area contributed by atoms with E-state index < -0.39 is 0 Å². The second kappa shape index (κ2) is 8.11. The van der Waals surface area contributed by atoms with Crippen LogP contribution in [0.15, 0.2) is 84.9 Å². The van der Waals surface area contributed by atoms with Crippen LogP contribution in [-0.2, 0) is 11.2 Å². The second-order valence-electron chi connectivity index (χ2n) is 5.83. The van der Waals surface area contributed by atoms with Gasteiger partial charge in [0.1, 0.15) is 0 Å². The maximum absolute atomic E-state index is 11.9. The first-order chi connectivity index (χ1) is 11.8. The lowest BCUT2D eigenvalue weighted by Crippen LogP contribution is -2.11. The second-order valence-corrected chi connectivity index (χ2v) is 5.83. The highest BCUT2D eigenvalue weighted by Gasteiger charge is 2.03. The molecule has 3 aromatic carbocycles. The fraction of sp³-hybridized carbons (Fsp3) is 0.136. The summed E-state index contributed by atoms with van der Waals surface area (Å²) >= 11 is 0. The van der Waals surface area contributed by atoms with E-state index in [0.29, 0.717) is 6.42 Å². The Bertz CT molecular complexity index is 764. The van der Waals surface area contributed by atoms with Crippen molar-refractivity contribution in [2.75, 3.05) is 5.32 Å². The van der Waals surface area contributed by atoms with Crippen molar-refractivity contribution in [2.45, 2.75) is 19.3 Å². The number of aryl methyl sites for hydroxylation is 1. The number of nitrogens with one attached hydrogen (secondary N) is 1. The minimum atomic E-state index is 0.0714. The molecule has 2 nitrogen and oxygen atoms in total. The van der Waals surface area contributed by atoms with Gasteiger partial charge in [-0.15, -0.1) is 0 Å². The number of amides is 1. The molecule has 0 radical (unpaired) electrons. The molecule has 0 aliphatic heterocycles. The number of carbonyl (C=O) groups excluding carboxylic acids is 1. The first-order valence-corrected chi connectivity index (χ1v) is 8.30. The fourth-order valence-corrected chi connectivity index (χ4v) is 2.69. The van der Waals surface area contributed by atoms with E-state index >= 15 is 0 Å². The van der Waals surface area contributed by atoms with Crippen LogP contribution in [0, 0.1) is 0 Å². The van der Waals surface area contributed by atoms with Crippen LogP contribution in [0.5, 0.6) is 0 Å². The molecule has 1 N–H and O–H groups in total. The third kappa shape index (κ3) is 4.56. The van der Waals surface area contributed by atoms with Gasteiger partial charge in [0.25, 0.3) is 0 Å². The molecule has 0 fully saturated rings. The van der Waals surface area contributed by atoms with E-state index in [1.54, 1.807) is 0 Å². The SMILES string of the molecule is O=C(CCCc1ccc(-c2ccccc2)cc1)Nc1ccccc1. The summed E-state index contributed by atoms with van der Waals surface area (Å²) in [6.45, 7) is 0. The number of benzene rings is 3. The molecular formula is C22H21NO. The summed E-state index contributed by atoms with van der Waals surface area (Å²) < 4.78 is 0. The molecule has 24 heavy (non-hydrogen) atoms. The molecule has 0 aliphatic rings. The van der Waals surface area contributed by atoms with Gasteiger partial charge in [0.2, 0.25) is 5.91 Å². The Hall–Kier alpha value is -2.87. The summed E-state index contributed by atoms with van der Waals surface area (Å²) in [6.07, 6.45) is 2.30. The normalized spacial score (nSPS) is 10.3. The third-order valence-corrected chi connectivity index (χ3v) is 3.99. The van der Waals surface area contributed by atoms with Crippen molar-refractivity contribution in [1.82, 2.24) is 0 Å². The fourth-order valence-electron chi connectivity index (χ4n) is 2.69. The minimum Gasteiger partial charge on any atom is -0.326 e. The number of anilines is 1. The van der Waals surface area contributed by atoms with E-state index in [-0.39, 0.29) is 5.91 Å². The van der Waals surface area contributed by atoms with Gasteiger partial charge in [-0.1, -0.05) is 72.8 Å². The molecular weight excluding hydrogens is 294 g/mol. The van der Waals surface area contributed by atoms with E-state index in [1.807, 2.05) is 36.4 Å². The average Bonchev–Trinajstić information content (AvgIpc) is 2.64. The number of hydrogen-bond donors (Lipinski definition) is 1. The van der Waals surface area contributed by atoms with Crippen molar-refractivity contribution in [3.63, 3.8) is 0 Å². The topological polar surface area (TPSA) is 29.1 Å². The van der Waals surface area contributed by atoms with Crippen molar-refractivity contribution in [1.29, 1.82) is 0 Å². The zero-order valence-electron chi connectivity index (χ0n) is 13.6. The van der Waals surface area contributed by atoms with Crippen LogP contribution in [-0.4, -0.2) is 5.91 Å². The highest BCUT2D eigenvalue weighted by molar-refractivity contribution is 5.90. The predicted molar refractivity (Wildman–Crippen MR) is 99.9 cm³/mol. The van der Waals surface area contributed by atoms with Gasteiger partial charge in [-0.05, 0) is 41.7 Å². The average molecular weight is 315 g/mol. The summed E-state index contributed by atoms with van der Waals surface area (Å²) in [5.74, 6) is 0.0714. The van der Waals surface area contributed by atoms with E-state index in [1.165, 1.54) is 16.7 Å². The Morgan fingerprint density at radius 3 is 1.96 bits per heavy atom. The van der Waals surface area contributed by atoms with Crippen LogP contribution in [0.4, 0.5) is 5.69 Å². The Balaban J connectivity index is 1.48. The van der Waals surface area contributed by atoms with E-state index in [2.05, 4.69) is 53.8 Å². The molecule has 0 saturated carbocycles. The zero-order valence-corrected chi connectivity index (χ0v) is 13.6. The molecule has 2 heteroatoms. The van der Waals surface area contributed by atoms with Gasteiger partial charge >= 0.3 is 0 Å². The van der Waals surface area contributed by atoms with Crippen LogP contribution in [0.2, 0.25) is 0 Å². The molecule has 0 aliphatic carbocycles. The summed E-state index contributed by atoms with van der Waals surface area (Å²) in [4.78, 5) is 11.9. The Labute approximate surface area is 143 Å². The molecule has 0 aromatic heterocycles. The molecule has 0 atom stereocenters. The summed E-state index contributed by atoms with van der Waals surface area (Å²) in [5, 5.41) is 2.92. The van der Waals surface area contributed by atoms with Gasteiger partial charge in [-0.25, -0.2) is 0 Å². The van der Waals surface area contributed by atoms with E-state index in [0.717, 1.165) is 18.5 Å². The molecule has 3 rings (SSSR count). The lowest BCUT2D eigenvalue weighted by molar-refractivity contribution is -0.116. The quantitative estimate of drug-likeness (QED) is 0.656. The molecule has 3 aromatic rings. The first-order valence-electron chi connectivity index (χ1n) is 8.30. The number of hydrogen-bond acceptors (Lipinski definition) is 1. The summed E-state index contributed by atoms with van der Waals surface area (Å²) in [6, 6.07) is 28.5. The summed E-state index contributed by atoms with van der Waals surface area (Å²) in [7, 11) is 0. The van der Waals surface area contributed by atoms with Crippen molar-refractivity contribution in [2.24, 2.45) is 0 Å².